The van der Waals surface area contributed by atoms with Crippen molar-refractivity contribution in [1.29, 1.82) is 0 Å². The van der Waals surface area contributed by atoms with Crippen LogP contribution in [0.2, 0.25) is 0 Å². The molecule has 0 atom stereocenters. The highest BCUT2D eigenvalue weighted by Gasteiger charge is 2.31. The van der Waals surface area contributed by atoms with Crippen molar-refractivity contribution in [3.8, 4) is 23.0 Å². The van der Waals surface area contributed by atoms with Gasteiger partial charge in [0.1, 0.15) is 23.0 Å². The number of hydrogen-bond donors (Lipinski definition) is 4. The molecule has 0 saturated heterocycles. The van der Waals surface area contributed by atoms with E-state index < -0.39 is 0 Å². The number of benzene rings is 4. The molecule has 0 unspecified atom stereocenters. The predicted octanol–water partition coefficient (Wildman–Crippen LogP) is 8.56. The molecule has 216 valence electrons. The molecule has 0 amide bonds. The summed E-state index contributed by atoms with van der Waals surface area (Å²) in [5, 5.41) is 40.7. The fraction of sp³-hybridized carbons (Fsp3) is 0.351. The Labute approximate surface area is 245 Å². The van der Waals surface area contributed by atoms with Gasteiger partial charge in [0.15, 0.2) is 0 Å². The zero-order valence-electron chi connectivity index (χ0n) is 25.2. The highest BCUT2D eigenvalue weighted by molar-refractivity contribution is 5.50. The molecule has 0 radical (unpaired) electrons. The van der Waals surface area contributed by atoms with Crippen molar-refractivity contribution in [2.45, 2.75) is 78.1 Å². The van der Waals surface area contributed by atoms with E-state index >= 15 is 0 Å². The lowest BCUT2D eigenvalue weighted by molar-refractivity contribution is 0.356. The smallest absolute Gasteiger partial charge is 0.119 e. The molecule has 0 heterocycles. The Bertz CT molecular complexity index is 1460. The van der Waals surface area contributed by atoms with Gasteiger partial charge in [0.25, 0.3) is 0 Å². The van der Waals surface area contributed by atoms with E-state index in [2.05, 4.69) is 47.6 Å². The molecular weight excluding hydrogens is 508 g/mol. The second-order valence-electron chi connectivity index (χ2n) is 13.4. The third-order valence-corrected chi connectivity index (χ3v) is 8.52. The van der Waals surface area contributed by atoms with Gasteiger partial charge in [-0.1, -0.05) is 84.0 Å². The molecule has 0 aliphatic carbocycles. The van der Waals surface area contributed by atoms with Crippen LogP contribution in [-0.2, 0) is 30.1 Å². The highest BCUT2D eigenvalue weighted by atomic mass is 16.3. The van der Waals surface area contributed by atoms with Crippen molar-refractivity contribution in [3.05, 3.63) is 118 Å². The number of aryl methyl sites for hydroxylation is 1. The second-order valence-corrected chi connectivity index (χ2v) is 13.4. The monoisotopic (exact) mass is 552 g/mol. The van der Waals surface area contributed by atoms with Crippen LogP contribution in [0, 0.1) is 5.41 Å². The Morgan fingerprint density at radius 1 is 0.537 bits per heavy atom. The van der Waals surface area contributed by atoms with Crippen molar-refractivity contribution >= 4 is 0 Å². The van der Waals surface area contributed by atoms with Gasteiger partial charge < -0.3 is 20.4 Å². The van der Waals surface area contributed by atoms with Gasteiger partial charge in [-0.3, -0.25) is 0 Å². The maximum Gasteiger partial charge on any atom is 0.119 e. The number of hydrogen-bond acceptors (Lipinski definition) is 4. The summed E-state index contributed by atoms with van der Waals surface area (Å²) in [6.45, 7) is 13.3. The van der Waals surface area contributed by atoms with Gasteiger partial charge in [0.2, 0.25) is 0 Å². The summed E-state index contributed by atoms with van der Waals surface area (Å²) in [7, 11) is 0. The van der Waals surface area contributed by atoms with E-state index in [1.807, 2.05) is 42.5 Å². The maximum absolute atomic E-state index is 11.3. The quantitative estimate of drug-likeness (QED) is 0.159. The summed E-state index contributed by atoms with van der Waals surface area (Å²) in [5.74, 6) is 1.07. The molecule has 4 nitrogen and oxygen atoms in total. The van der Waals surface area contributed by atoms with E-state index in [0.29, 0.717) is 12.2 Å². The maximum atomic E-state index is 11.3. The Morgan fingerprint density at radius 3 is 1.56 bits per heavy atom. The van der Waals surface area contributed by atoms with Crippen LogP contribution in [0.4, 0.5) is 0 Å². The van der Waals surface area contributed by atoms with E-state index in [4.69, 9.17) is 0 Å². The molecule has 0 fully saturated rings. The van der Waals surface area contributed by atoms with E-state index in [0.717, 1.165) is 52.6 Å². The summed E-state index contributed by atoms with van der Waals surface area (Å²) in [6, 6.07) is 26.3. The fourth-order valence-electron chi connectivity index (χ4n) is 5.89. The third-order valence-electron chi connectivity index (χ3n) is 8.52. The summed E-state index contributed by atoms with van der Waals surface area (Å²) in [5.41, 5.74) is 5.96. The fourth-order valence-corrected chi connectivity index (χ4v) is 5.89. The SMILES string of the molecule is CC(C)(Cc1ccc(O)cc1)Cc1cc(O)c(CCC(C)(C)c2ccc(O)cc2)cc1C(C)(C)c1ccc(O)cc1. The molecule has 0 aliphatic rings. The van der Waals surface area contributed by atoms with Crippen molar-refractivity contribution < 1.29 is 20.4 Å². The summed E-state index contributed by atoms with van der Waals surface area (Å²) in [6.07, 6.45) is 3.12. The molecule has 41 heavy (non-hydrogen) atoms. The molecule has 0 spiro atoms. The van der Waals surface area contributed by atoms with Crippen LogP contribution in [0.1, 0.15) is 81.3 Å². The lowest BCUT2D eigenvalue weighted by Crippen LogP contribution is -2.25. The van der Waals surface area contributed by atoms with Gasteiger partial charge in [-0.15, -0.1) is 0 Å². The van der Waals surface area contributed by atoms with Crippen LogP contribution >= 0.6 is 0 Å². The Balaban J connectivity index is 1.70. The first-order valence-electron chi connectivity index (χ1n) is 14.4. The third kappa shape index (κ3) is 7.24. The number of rotatable bonds is 10. The summed E-state index contributed by atoms with van der Waals surface area (Å²) < 4.78 is 0. The normalized spacial score (nSPS) is 12.4. The number of phenolic OH excluding ortho intramolecular Hbond substituents is 4. The average molecular weight is 553 g/mol. The van der Waals surface area contributed by atoms with E-state index in [1.54, 1.807) is 36.4 Å². The minimum atomic E-state index is -0.368. The average Bonchev–Trinajstić information content (AvgIpc) is 2.89. The Morgan fingerprint density at radius 2 is 1.02 bits per heavy atom. The molecule has 4 N–H and O–H groups in total. The molecule has 4 aromatic rings. The van der Waals surface area contributed by atoms with Gasteiger partial charge >= 0.3 is 0 Å². The standard InChI is InChI=1S/C37H44O4/c1-35(2,23-25-7-13-30(38)14-8-25)24-27-22-34(41)26(19-20-36(3,4)28-9-15-31(39)16-10-28)21-33(27)37(5,6)29-11-17-32(40)18-12-29/h7-18,21-22,38-41H,19-20,23-24H2,1-6H3. The number of phenols is 4. The van der Waals surface area contributed by atoms with Crippen molar-refractivity contribution in [2.24, 2.45) is 5.41 Å². The molecule has 0 saturated carbocycles. The van der Waals surface area contributed by atoms with Crippen molar-refractivity contribution in [3.63, 3.8) is 0 Å². The van der Waals surface area contributed by atoms with E-state index in [1.165, 1.54) is 0 Å². The van der Waals surface area contributed by atoms with E-state index in [9.17, 15) is 20.4 Å². The number of aromatic hydroxyl groups is 4. The van der Waals surface area contributed by atoms with Crippen molar-refractivity contribution in [2.75, 3.05) is 0 Å². The van der Waals surface area contributed by atoms with Crippen LogP contribution < -0.4 is 0 Å². The highest BCUT2D eigenvalue weighted by Crippen LogP contribution is 2.41. The van der Waals surface area contributed by atoms with Gasteiger partial charge in [-0.25, -0.2) is 0 Å². The van der Waals surface area contributed by atoms with Crippen LogP contribution in [0.3, 0.4) is 0 Å². The zero-order chi connectivity index (χ0) is 30.0. The predicted molar refractivity (Wildman–Crippen MR) is 167 cm³/mol. The Kier molecular flexibility index (Phi) is 8.44. The van der Waals surface area contributed by atoms with Crippen LogP contribution in [-0.4, -0.2) is 20.4 Å². The Hall–Kier alpha value is -3.92. The van der Waals surface area contributed by atoms with Gasteiger partial charge in [0.05, 0.1) is 0 Å². The summed E-state index contributed by atoms with van der Waals surface area (Å²) >= 11 is 0. The lowest BCUT2D eigenvalue weighted by Gasteiger charge is -2.33. The summed E-state index contributed by atoms with van der Waals surface area (Å²) in [4.78, 5) is 0. The zero-order valence-corrected chi connectivity index (χ0v) is 25.2. The molecule has 0 aromatic heterocycles. The molecule has 4 heteroatoms. The molecule has 4 rings (SSSR count). The molecular formula is C37H44O4. The minimum Gasteiger partial charge on any atom is -0.508 e. The second kappa shape index (κ2) is 11.5. The molecule has 4 aromatic carbocycles. The van der Waals surface area contributed by atoms with Gasteiger partial charge in [0, 0.05) is 5.41 Å². The van der Waals surface area contributed by atoms with Crippen LogP contribution in [0.25, 0.3) is 0 Å². The first kappa shape index (κ1) is 30.0. The minimum absolute atomic E-state index is 0.106. The van der Waals surface area contributed by atoms with Gasteiger partial charge in [-0.05, 0) is 112 Å². The largest absolute Gasteiger partial charge is 0.508 e. The lowest BCUT2D eigenvalue weighted by atomic mass is 9.71. The molecule has 0 bridgehead atoms. The first-order valence-corrected chi connectivity index (χ1v) is 14.4. The van der Waals surface area contributed by atoms with Crippen LogP contribution in [0.15, 0.2) is 84.9 Å². The van der Waals surface area contributed by atoms with E-state index in [-0.39, 0.29) is 33.5 Å². The topological polar surface area (TPSA) is 80.9 Å². The van der Waals surface area contributed by atoms with Gasteiger partial charge in [-0.2, -0.15) is 0 Å². The molecule has 0 aliphatic heterocycles. The first-order chi connectivity index (χ1) is 19.2. The van der Waals surface area contributed by atoms with Crippen molar-refractivity contribution in [1.82, 2.24) is 0 Å². The van der Waals surface area contributed by atoms with Crippen LogP contribution in [0.5, 0.6) is 23.0 Å².